The van der Waals surface area contributed by atoms with Crippen molar-refractivity contribution in [1.29, 1.82) is 0 Å². The van der Waals surface area contributed by atoms with Crippen LogP contribution in [0.15, 0.2) is 51.7 Å². The number of ether oxygens (including phenoxy) is 2. The van der Waals surface area contributed by atoms with Crippen LogP contribution in [0.25, 0.3) is 11.0 Å². The Bertz CT molecular complexity index is 1190. The maximum atomic E-state index is 13.9. The number of hydrogen-bond donors (Lipinski definition) is 0. The molecule has 7 heteroatoms. The third kappa shape index (κ3) is 4.12. The Morgan fingerprint density at radius 3 is 2.72 bits per heavy atom. The van der Waals surface area contributed by atoms with Gasteiger partial charge in [0.25, 0.3) is 5.91 Å². The molecule has 1 unspecified atom stereocenters. The van der Waals surface area contributed by atoms with E-state index in [2.05, 4.69) is 6.92 Å². The number of carbonyl (C=O) groups excluding carboxylic acids is 1. The van der Waals surface area contributed by atoms with Crippen LogP contribution in [0, 0.1) is 5.82 Å². The molecule has 0 saturated heterocycles. The van der Waals surface area contributed by atoms with Crippen molar-refractivity contribution in [3.05, 3.63) is 75.4 Å². The fourth-order valence-corrected chi connectivity index (χ4v) is 4.06. The van der Waals surface area contributed by atoms with Crippen LogP contribution in [0.3, 0.4) is 0 Å². The van der Waals surface area contributed by atoms with Gasteiger partial charge >= 0.3 is 0 Å². The molecule has 0 spiro atoms. The SMILES string of the molecule is CCCCOc1cccc(C2c3c(oc4ccc(F)cc4c3=O)C(=O)N2CCCOC)c1. The predicted octanol–water partition coefficient (Wildman–Crippen LogP) is 4.69. The number of nitrogens with zero attached hydrogens (tertiary/aromatic N) is 1. The molecule has 0 N–H and O–H groups in total. The minimum atomic E-state index is -0.645. The third-order valence-electron chi connectivity index (χ3n) is 5.62. The molecule has 1 amide bonds. The van der Waals surface area contributed by atoms with E-state index in [1.807, 2.05) is 24.3 Å². The standard InChI is InChI=1S/C25H26FNO5/c1-3-4-13-31-18-8-5-7-16(14-18)22-21-23(28)19-15-17(26)9-10-20(19)32-24(21)25(29)27(22)11-6-12-30-2/h5,7-10,14-15,22H,3-4,6,11-13H2,1-2H3. The van der Waals surface area contributed by atoms with Gasteiger partial charge in [-0.05, 0) is 48.7 Å². The average Bonchev–Trinajstić information content (AvgIpc) is 3.07. The molecular weight excluding hydrogens is 413 g/mol. The number of halogens is 1. The van der Waals surface area contributed by atoms with E-state index < -0.39 is 17.3 Å². The van der Waals surface area contributed by atoms with E-state index >= 15 is 0 Å². The molecule has 0 bridgehead atoms. The summed E-state index contributed by atoms with van der Waals surface area (Å²) in [6.07, 6.45) is 2.54. The number of hydrogen-bond acceptors (Lipinski definition) is 5. The minimum absolute atomic E-state index is 0.00818. The smallest absolute Gasteiger partial charge is 0.290 e. The molecule has 0 fully saturated rings. The van der Waals surface area contributed by atoms with E-state index in [9.17, 15) is 14.0 Å². The summed E-state index contributed by atoms with van der Waals surface area (Å²) in [5.41, 5.74) is 0.770. The van der Waals surface area contributed by atoms with Gasteiger partial charge in [0.1, 0.15) is 17.1 Å². The molecule has 2 heterocycles. The van der Waals surface area contributed by atoms with Crippen LogP contribution in [0.5, 0.6) is 5.75 Å². The summed E-state index contributed by atoms with van der Waals surface area (Å²) in [6, 6.07) is 10.5. The lowest BCUT2D eigenvalue weighted by Crippen LogP contribution is -2.31. The van der Waals surface area contributed by atoms with Crippen LogP contribution < -0.4 is 10.2 Å². The van der Waals surface area contributed by atoms with Gasteiger partial charge in [-0.15, -0.1) is 0 Å². The number of methoxy groups -OCH3 is 1. The van der Waals surface area contributed by atoms with Gasteiger partial charge in [-0.2, -0.15) is 0 Å². The average molecular weight is 439 g/mol. The van der Waals surface area contributed by atoms with Gasteiger partial charge in [-0.3, -0.25) is 9.59 Å². The maximum Gasteiger partial charge on any atom is 0.290 e. The Hall–Kier alpha value is -3.19. The van der Waals surface area contributed by atoms with Crippen LogP contribution >= 0.6 is 0 Å². The molecule has 4 rings (SSSR count). The van der Waals surface area contributed by atoms with E-state index in [4.69, 9.17) is 13.9 Å². The summed E-state index contributed by atoms with van der Waals surface area (Å²) in [5, 5.41) is 0.121. The first-order valence-electron chi connectivity index (χ1n) is 10.8. The van der Waals surface area contributed by atoms with Crippen molar-refractivity contribution in [3.8, 4) is 5.75 Å². The minimum Gasteiger partial charge on any atom is -0.494 e. The lowest BCUT2D eigenvalue weighted by atomic mass is 9.98. The number of unbranched alkanes of at least 4 members (excludes halogenated alkanes) is 1. The van der Waals surface area contributed by atoms with E-state index in [-0.39, 0.29) is 28.2 Å². The monoisotopic (exact) mass is 439 g/mol. The summed E-state index contributed by atoms with van der Waals surface area (Å²) in [4.78, 5) is 28.3. The molecule has 168 valence electrons. The van der Waals surface area contributed by atoms with E-state index in [0.29, 0.717) is 31.9 Å². The van der Waals surface area contributed by atoms with Gasteiger partial charge in [0.05, 0.1) is 23.6 Å². The van der Waals surface area contributed by atoms with Crippen LogP contribution in [0.4, 0.5) is 4.39 Å². The summed E-state index contributed by atoms with van der Waals surface area (Å²) < 4.78 is 30.7. The highest BCUT2D eigenvalue weighted by molar-refractivity contribution is 5.99. The molecule has 3 aromatic rings. The zero-order valence-corrected chi connectivity index (χ0v) is 18.2. The number of benzene rings is 2. The Balaban J connectivity index is 1.82. The molecule has 0 aliphatic carbocycles. The van der Waals surface area contributed by atoms with Gasteiger partial charge in [-0.25, -0.2) is 4.39 Å². The predicted molar refractivity (Wildman–Crippen MR) is 119 cm³/mol. The molecule has 0 saturated carbocycles. The van der Waals surface area contributed by atoms with Crippen molar-refractivity contribution >= 4 is 16.9 Å². The first-order chi connectivity index (χ1) is 15.5. The molecule has 6 nitrogen and oxygen atoms in total. The number of rotatable bonds is 9. The molecule has 1 aliphatic rings. The second-order valence-corrected chi connectivity index (χ2v) is 7.84. The van der Waals surface area contributed by atoms with Crippen molar-refractivity contribution in [2.75, 3.05) is 26.9 Å². The highest BCUT2D eigenvalue weighted by Crippen LogP contribution is 2.39. The molecule has 32 heavy (non-hydrogen) atoms. The first-order valence-corrected chi connectivity index (χ1v) is 10.8. The van der Waals surface area contributed by atoms with Crippen LogP contribution in [0.2, 0.25) is 0 Å². The Morgan fingerprint density at radius 1 is 1.09 bits per heavy atom. The highest BCUT2D eigenvalue weighted by atomic mass is 19.1. The Labute approximate surface area is 185 Å². The van der Waals surface area contributed by atoms with Crippen molar-refractivity contribution in [1.82, 2.24) is 4.90 Å². The lowest BCUT2D eigenvalue weighted by molar-refractivity contribution is 0.0707. The summed E-state index contributed by atoms with van der Waals surface area (Å²) in [5.74, 6) is -0.214. The normalized spacial score (nSPS) is 15.4. The van der Waals surface area contributed by atoms with E-state index in [0.717, 1.165) is 24.5 Å². The molecule has 1 aliphatic heterocycles. The molecular formula is C25H26FNO5. The van der Waals surface area contributed by atoms with Crippen molar-refractivity contribution < 1.29 is 23.1 Å². The first kappa shape index (κ1) is 22.0. The zero-order valence-electron chi connectivity index (χ0n) is 18.2. The van der Waals surface area contributed by atoms with Crippen LogP contribution in [0.1, 0.15) is 53.9 Å². The van der Waals surface area contributed by atoms with Crippen molar-refractivity contribution in [3.63, 3.8) is 0 Å². The Kier molecular flexibility index (Phi) is 6.55. The van der Waals surface area contributed by atoms with Crippen molar-refractivity contribution in [2.24, 2.45) is 0 Å². The molecule has 1 atom stereocenters. The van der Waals surface area contributed by atoms with Crippen LogP contribution in [-0.2, 0) is 4.74 Å². The van der Waals surface area contributed by atoms with Crippen molar-refractivity contribution in [2.45, 2.75) is 32.2 Å². The fourth-order valence-electron chi connectivity index (χ4n) is 4.06. The van der Waals surface area contributed by atoms with Crippen LogP contribution in [-0.4, -0.2) is 37.7 Å². The fraction of sp³-hybridized carbons (Fsp3) is 0.360. The number of fused-ring (bicyclic) bond motifs is 2. The largest absolute Gasteiger partial charge is 0.494 e. The molecule has 2 aromatic carbocycles. The zero-order chi connectivity index (χ0) is 22.7. The second-order valence-electron chi connectivity index (χ2n) is 7.84. The second kappa shape index (κ2) is 9.53. The van der Waals surface area contributed by atoms with Gasteiger partial charge < -0.3 is 18.8 Å². The lowest BCUT2D eigenvalue weighted by Gasteiger charge is -2.25. The van der Waals surface area contributed by atoms with E-state index in [1.165, 1.54) is 12.1 Å². The third-order valence-corrected chi connectivity index (χ3v) is 5.62. The Morgan fingerprint density at radius 2 is 1.94 bits per heavy atom. The number of carbonyl (C=O) groups is 1. The molecule has 1 aromatic heterocycles. The van der Waals surface area contributed by atoms with Gasteiger partial charge in [0.2, 0.25) is 5.76 Å². The maximum absolute atomic E-state index is 13.9. The summed E-state index contributed by atoms with van der Waals surface area (Å²) in [7, 11) is 1.60. The summed E-state index contributed by atoms with van der Waals surface area (Å²) >= 11 is 0. The quantitative estimate of drug-likeness (QED) is 0.453. The number of amides is 1. The molecule has 0 radical (unpaired) electrons. The summed E-state index contributed by atoms with van der Waals surface area (Å²) in [6.45, 7) is 3.53. The topological polar surface area (TPSA) is 69.0 Å². The van der Waals surface area contributed by atoms with Gasteiger partial charge in [0.15, 0.2) is 5.43 Å². The van der Waals surface area contributed by atoms with Gasteiger partial charge in [0, 0.05) is 20.3 Å². The highest BCUT2D eigenvalue weighted by Gasteiger charge is 2.42. The van der Waals surface area contributed by atoms with Gasteiger partial charge in [-0.1, -0.05) is 25.5 Å². The van der Waals surface area contributed by atoms with E-state index in [1.54, 1.807) is 12.0 Å².